The number of hydrogen-bond acceptors (Lipinski definition) is 3. The molecule has 0 bridgehead atoms. The molecule has 0 aliphatic rings. The maximum Gasteiger partial charge on any atom is 0.144 e. The Morgan fingerprint density at radius 2 is 2.00 bits per heavy atom. The molecule has 5 heteroatoms. The van der Waals surface area contributed by atoms with Gasteiger partial charge in [0.1, 0.15) is 27.7 Å². The van der Waals surface area contributed by atoms with Gasteiger partial charge < -0.3 is 9.29 Å². The smallest absolute Gasteiger partial charge is 0.144 e. The molecule has 0 N–H and O–H groups in total. The fourth-order valence-corrected chi connectivity index (χ4v) is 1.89. The third kappa shape index (κ3) is 3.71. The number of ether oxygens (including phenoxy) is 1. The summed E-state index contributed by atoms with van der Waals surface area (Å²) in [5.41, 5.74) is 1.02. The van der Waals surface area contributed by atoms with Crippen molar-refractivity contribution < 1.29 is 13.7 Å². The molecular formula is C13H18FNO2S. The number of halogens is 1. The van der Waals surface area contributed by atoms with Gasteiger partial charge in [-0.2, -0.15) is 0 Å². The second-order valence-electron chi connectivity index (χ2n) is 4.88. The van der Waals surface area contributed by atoms with E-state index in [2.05, 4.69) is 4.40 Å². The Kier molecular flexibility index (Phi) is 4.76. The van der Waals surface area contributed by atoms with Crippen molar-refractivity contribution in [1.82, 2.24) is 0 Å². The van der Waals surface area contributed by atoms with E-state index in [-0.39, 0.29) is 5.82 Å². The van der Waals surface area contributed by atoms with E-state index in [4.69, 9.17) is 4.74 Å². The lowest BCUT2D eigenvalue weighted by Crippen LogP contribution is -2.26. The predicted molar refractivity (Wildman–Crippen MR) is 73.1 cm³/mol. The average Bonchev–Trinajstić information content (AvgIpc) is 2.27. The first-order valence-corrected chi connectivity index (χ1v) is 6.67. The number of methoxy groups -OCH3 is 1. The van der Waals surface area contributed by atoms with Crippen LogP contribution in [0.15, 0.2) is 22.6 Å². The zero-order valence-electron chi connectivity index (χ0n) is 11.3. The molecule has 18 heavy (non-hydrogen) atoms. The van der Waals surface area contributed by atoms with Gasteiger partial charge in [0.15, 0.2) is 0 Å². The van der Waals surface area contributed by atoms with Gasteiger partial charge in [-0.15, -0.1) is 0 Å². The highest BCUT2D eigenvalue weighted by atomic mass is 32.2. The first kappa shape index (κ1) is 15.0. The van der Waals surface area contributed by atoms with Gasteiger partial charge in [-0.1, -0.05) is 4.40 Å². The summed E-state index contributed by atoms with van der Waals surface area (Å²) >= 11 is -1.37. The number of hydrogen-bond donors (Lipinski definition) is 0. The van der Waals surface area contributed by atoms with Crippen molar-refractivity contribution in [3.63, 3.8) is 0 Å². The molecule has 0 aliphatic carbocycles. The fourth-order valence-electron chi connectivity index (χ4n) is 1.27. The highest BCUT2D eigenvalue weighted by molar-refractivity contribution is 7.91. The molecule has 0 aliphatic heterocycles. The molecule has 1 rings (SSSR count). The second kappa shape index (κ2) is 5.71. The van der Waals surface area contributed by atoms with Crippen LogP contribution in [0.3, 0.4) is 0 Å². The quantitative estimate of drug-likeness (QED) is 0.626. The second-order valence-corrected chi connectivity index (χ2v) is 6.79. The Balaban J connectivity index is 3.14. The van der Waals surface area contributed by atoms with Crippen molar-refractivity contribution in [2.75, 3.05) is 7.11 Å². The molecule has 0 heterocycles. The molecule has 0 fully saturated rings. The average molecular weight is 271 g/mol. The van der Waals surface area contributed by atoms with E-state index in [0.29, 0.717) is 17.0 Å². The summed E-state index contributed by atoms with van der Waals surface area (Å²) in [7, 11) is 1.50. The molecule has 3 nitrogen and oxygen atoms in total. The fraction of sp³-hybridized carbons (Fsp3) is 0.462. The molecule has 1 atom stereocenters. The largest absolute Gasteiger partial charge is 0.591 e. The molecule has 0 saturated heterocycles. The summed E-state index contributed by atoms with van der Waals surface area (Å²) in [6.07, 6.45) is 0. The van der Waals surface area contributed by atoms with Crippen LogP contribution in [-0.4, -0.2) is 22.1 Å². The maximum absolute atomic E-state index is 13.2. The van der Waals surface area contributed by atoms with Crippen molar-refractivity contribution in [2.45, 2.75) is 32.4 Å². The number of nitrogens with zero attached hydrogens (tertiary/aromatic N) is 1. The first-order chi connectivity index (χ1) is 8.25. The van der Waals surface area contributed by atoms with Crippen molar-refractivity contribution in [3.8, 4) is 5.75 Å². The first-order valence-electron chi connectivity index (χ1n) is 5.57. The lowest BCUT2D eigenvalue weighted by molar-refractivity contribution is 0.413. The summed E-state index contributed by atoms with van der Waals surface area (Å²) < 4.78 is 34.0. The highest BCUT2D eigenvalue weighted by Crippen LogP contribution is 2.23. The third-order valence-electron chi connectivity index (χ3n) is 2.30. The molecular weight excluding hydrogens is 253 g/mol. The monoisotopic (exact) mass is 271 g/mol. The maximum atomic E-state index is 13.2. The molecule has 0 radical (unpaired) electrons. The Hall–Kier alpha value is -1.07. The lowest BCUT2D eigenvalue weighted by Gasteiger charge is -2.19. The van der Waals surface area contributed by atoms with Gasteiger partial charge in [-0.25, -0.2) is 4.39 Å². The van der Waals surface area contributed by atoms with Gasteiger partial charge in [0, 0.05) is 5.56 Å². The van der Waals surface area contributed by atoms with Gasteiger partial charge in [-0.05, 0) is 45.9 Å². The van der Waals surface area contributed by atoms with E-state index < -0.39 is 16.1 Å². The molecule has 1 unspecified atom stereocenters. The number of benzene rings is 1. The summed E-state index contributed by atoms with van der Waals surface area (Å²) in [5, 5.41) is 0. The van der Waals surface area contributed by atoms with Gasteiger partial charge in [0.25, 0.3) is 0 Å². The molecule has 1 aromatic rings. The van der Waals surface area contributed by atoms with Crippen LogP contribution >= 0.6 is 0 Å². The zero-order chi connectivity index (χ0) is 13.9. The molecule has 100 valence electrons. The van der Waals surface area contributed by atoms with Gasteiger partial charge >= 0.3 is 0 Å². The van der Waals surface area contributed by atoms with E-state index in [1.807, 2.05) is 20.8 Å². The van der Waals surface area contributed by atoms with Crippen LogP contribution in [0, 0.1) is 5.82 Å². The van der Waals surface area contributed by atoms with Gasteiger partial charge in [0.05, 0.1) is 12.8 Å². The van der Waals surface area contributed by atoms with E-state index in [9.17, 15) is 8.94 Å². The Morgan fingerprint density at radius 1 is 1.39 bits per heavy atom. The van der Waals surface area contributed by atoms with Crippen LogP contribution in [0.25, 0.3) is 0 Å². The lowest BCUT2D eigenvalue weighted by atomic mass is 10.1. The Labute approximate surface area is 110 Å². The number of rotatable bonds is 3. The zero-order valence-corrected chi connectivity index (χ0v) is 12.1. The van der Waals surface area contributed by atoms with E-state index >= 15 is 0 Å². The Bertz CT molecular complexity index is 455. The van der Waals surface area contributed by atoms with Crippen LogP contribution in [0.4, 0.5) is 4.39 Å². The van der Waals surface area contributed by atoms with Crippen LogP contribution in [0.2, 0.25) is 0 Å². The predicted octanol–water partition coefficient (Wildman–Crippen LogP) is 3.11. The van der Waals surface area contributed by atoms with E-state index in [0.717, 1.165) is 0 Å². The van der Waals surface area contributed by atoms with Gasteiger partial charge in [-0.3, -0.25) is 0 Å². The van der Waals surface area contributed by atoms with E-state index in [1.54, 1.807) is 6.92 Å². The van der Waals surface area contributed by atoms with Crippen molar-refractivity contribution in [1.29, 1.82) is 0 Å². The molecule has 0 amide bonds. The van der Waals surface area contributed by atoms with Crippen molar-refractivity contribution in [3.05, 3.63) is 29.6 Å². The van der Waals surface area contributed by atoms with Crippen molar-refractivity contribution >= 4 is 17.1 Å². The topological polar surface area (TPSA) is 44.6 Å². The van der Waals surface area contributed by atoms with Gasteiger partial charge in [0.2, 0.25) is 0 Å². The minimum Gasteiger partial charge on any atom is -0.591 e. The third-order valence-corrected chi connectivity index (χ3v) is 3.78. The summed E-state index contributed by atoms with van der Waals surface area (Å²) in [6, 6.07) is 4.18. The standard InChI is InChI=1S/C13H18FNO2S/c1-9(15-18(16)13(2,3)4)11-8-10(14)6-7-12(11)17-5/h6-8H,1-5H3/b15-9+. The highest BCUT2D eigenvalue weighted by Gasteiger charge is 2.27. The normalized spacial score (nSPS) is 14.5. The minimum atomic E-state index is -1.37. The summed E-state index contributed by atoms with van der Waals surface area (Å²) in [5.74, 6) is 0.144. The molecule has 0 saturated carbocycles. The van der Waals surface area contributed by atoms with E-state index in [1.165, 1.54) is 25.3 Å². The molecule has 1 aromatic carbocycles. The summed E-state index contributed by atoms with van der Waals surface area (Å²) in [6.45, 7) is 7.20. The van der Waals surface area contributed by atoms with Crippen LogP contribution in [0.5, 0.6) is 5.75 Å². The van der Waals surface area contributed by atoms with Crippen molar-refractivity contribution in [2.24, 2.45) is 4.40 Å². The van der Waals surface area contributed by atoms with Crippen LogP contribution in [0.1, 0.15) is 33.3 Å². The molecule has 0 aromatic heterocycles. The minimum absolute atomic E-state index is 0.373. The van der Waals surface area contributed by atoms with Crippen LogP contribution < -0.4 is 4.74 Å². The van der Waals surface area contributed by atoms with Crippen LogP contribution in [-0.2, 0) is 11.4 Å². The Morgan fingerprint density at radius 3 is 2.50 bits per heavy atom. The SMILES string of the molecule is COc1ccc(F)cc1/C(C)=N/[S+]([O-])C(C)(C)C. The molecule has 0 spiro atoms. The summed E-state index contributed by atoms with van der Waals surface area (Å²) in [4.78, 5) is 0.